The van der Waals surface area contributed by atoms with Crippen LogP contribution in [0.25, 0.3) is 10.8 Å². The summed E-state index contributed by atoms with van der Waals surface area (Å²) >= 11 is 3.33. The smallest absolute Gasteiger partial charge is 0.135 e. The van der Waals surface area contributed by atoms with Gasteiger partial charge in [0.25, 0.3) is 0 Å². The van der Waals surface area contributed by atoms with Crippen molar-refractivity contribution < 1.29 is 9.13 Å². The molecule has 0 saturated carbocycles. The van der Waals surface area contributed by atoms with E-state index in [1.807, 2.05) is 6.07 Å². The molecule has 0 spiro atoms. The Morgan fingerprint density at radius 2 is 2.19 bits per heavy atom. The lowest BCUT2D eigenvalue weighted by molar-refractivity contribution is 0.322. The van der Waals surface area contributed by atoms with E-state index < -0.39 is 0 Å². The van der Waals surface area contributed by atoms with Crippen LogP contribution in [-0.4, -0.2) is 11.9 Å². The summed E-state index contributed by atoms with van der Waals surface area (Å²) < 4.78 is 18.7. The van der Waals surface area contributed by atoms with Crippen LogP contribution >= 0.6 is 15.9 Å². The van der Waals surface area contributed by atoms with Crippen LogP contribution in [0.3, 0.4) is 0 Å². The van der Waals surface area contributed by atoms with Gasteiger partial charge in [0.15, 0.2) is 0 Å². The van der Waals surface area contributed by atoms with Crippen LogP contribution in [0.5, 0.6) is 5.75 Å². The molecular weight excluding hydrogens is 271 g/mol. The Hall–Kier alpha value is -1.09. The largest absolute Gasteiger partial charge is 0.492 e. The standard InChI is InChI=1S/C13H11BrFO/c14-7-2-8-16-13-4-1-3-10-5-6-11(15)9-12(10)13/h1,3,5-6,9H,2,7-8H2. The maximum Gasteiger partial charge on any atom is 0.135 e. The topological polar surface area (TPSA) is 9.23 Å². The number of halogens is 2. The highest BCUT2D eigenvalue weighted by molar-refractivity contribution is 9.09. The zero-order valence-electron chi connectivity index (χ0n) is 8.67. The van der Waals surface area contributed by atoms with Gasteiger partial charge in [-0.15, -0.1) is 0 Å². The van der Waals surface area contributed by atoms with E-state index in [0.717, 1.165) is 22.5 Å². The van der Waals surface area contributed by atoms with Gasteiger partial charge in [-0.2, -0.15) is 0 Å². The van der Waals surface area contributed by atoms with Crippen molar-refractivity contribution >= 4 is 26.7 Å². The molecule has 1 radical (unpaired) electrons. The molecule has 0 aliphatic rings. The van der Waals surface area contributed by atoms with Crippen molar-refractivity contribution in [1.29, 1.82) is 0 Å². The molecule has 0 amide bonds. The number of ether oxygens (including phenoxy) is 1. The summed E-state index contributed by atoms with van der Waals surface area (Å²) in [5, 5.41) is 2.64. The summed E-state index contributed by atoms with van der Waals surface area (Å²) in [4.78, 5) is 0. The first kappa shape index (κ1) is 11.4. The van der Waals surface area contributed by atoms with Crippen molar-refractivity contribution in [2.24, 2.45) is 0 Å². The van der Waals surface area contributed by atoms with Crippen LogP contribution in [-0.2, 0) is 0 Å². The molecule has 2 rings (SSSR count). The molecule has 0 N–H and O–H groups in total. The summed E-state index contributed by atoms with van der Waals surface area (Å²) in [6.07, 6.45) is 0.916. The molecule has 0 fully saturated rings. The van der Waals surface area contributed by atoms with Crippen molar-refractivity contribution in [3.8, 4) is 5.75 Å². The average molecular weight is 282 g/mol. The third kappa shape index (κ3) is 2.53. The fraction of sp³-hybridized carbons (Fsp3) is 0.231. The van der Waals surface area contributed by atoms with E-state index >= 15 is 0 Å². The second-order valence-corrected chi connectivity index (χ2v) is 4.22. The maximum absolute atomic E-state index is 13.1. The van der Waals surface area contributed by atoms with Crippen molar-refractivity contribution in [2.45, 2.75) is 6.42 Å². The molecule has 0 bridgehead atoms. The first-order valence-electron chi connectivity index (χ1n) is 5.10. The van der Waals surface area contributed by atoms with Crippen LogP contribution in [0.1, 0.15) is 6.42 Å². The molecule has 16 heavy (non-hydrogen) atoms. The zero-order chi connectivity index (χ0) is 11.4. The van der Waals surface area contributed by atoms with Crippen molar-refractivity contribution in [1.82, 2.24) is 0 Å². The van der Waals surface area contributed by atoms with Crippen LogP contribution in [0, 0.1) is 11.9 Å². The molecule has 83 valence electrons. The van der Waals surface area contributed by atoms with Crippen molar-refractivity contribution in [3.63, 3.8) is 0 Å². The van der Waals surface area contributed by atoms with Gasteiger partial charge in [0.2, 0.25) is 0 Å². The summed E-state index contributed by atoms with van der Waals surface area (Å²) in [5.74, 6) is 0.371. The molecular formula is C13H11BrFO. The minimum absolute atomic E-state index is 0.252. The Balaban J connectivity index is 2.32. The summed E-state index contributed by atoms with van der Waals surface area (Å²) in [6, 6.07) is 11.4. The highest BCUT2D eigenvalue weighted by Crippen LogP contribution is 2.25. The highest BCUT2D eigenvalue weighted by Gasteiger charge is 2.03. The maximum atomic E-state index is 13.1. The monoisotopic (exact) mass is 281 g/mol. The predicted octanol–water partition coefficient (Wildman–Crippen LogP) is 3.94. The average Bonchev–Trinajstić information content (AvgIpc) is 2.30. The Kier molecular flexibility index (Phi) is 3.78. The van der Waals surface area contributed by atoms with E-state index in [0.29, 0.717) is 12.4 Å². The minimum Gasteiger partial charge on any atom is -0.492 e. The van der Waals surface area contributed by atoms with Crippen LogP contribution < -0.4 is 4.74 Å². The van der Waals surface area contributed by atoms with E-state index in [2.05, 4.69) is 22.0 Å². The van der Waals surface area contributed by atoms with Crippen LogP contribution in [0.15, 0.2) is 30.3 Å². The second kappa shape index (κ2) is 5.30. The molecule has 0 heterocycles. The van der Waals surface area contributed by atoms with Crippen LogP contribution in [0.2, 0.25) is 0 Å². The van der Waals surface area contributed by atoms with Gasteiger partial charge < -0.3 is 4.74 Å². The normalized spacial score (nSPS) is 10.6. The number of hydrogen-bond acceptors (Lipinski definition) is 1. The lowest BCUT2D eigenvalue weighted by Gasteiger charge is -2.08. The molecule has 0 saturated heterocycles. The molecule has 1 nitrogen and oxygen atoms in total. The number of benzene rings is 2. The van der Waals surface area contributed by atoms with Gasteiger partial charge in [0.1, 0.15) is 11.6 Å². The van der Waals surface area contributed by atoms with Gasteiger partial charge in [-0.3, -0.25) is 0 Å². The quantitative estimate of drug-likeness (QED) is 0.609. The number of rotatable bonds is 4. The molecule has 0 unspecified atom stereocenters. The van der Waals surface area contributed by atoms with Gasteiger partial charge >= 0.3 is 0 Å². The molecule has 3 heteroatoms. The molecule has 0 aromatic heterocycles. The molecule has 0 aliphatic heterocycles. The second-order valence-electron chi connectivity index (χ2n) is 3.43. The Morgan fingerprint density at radius 1 is 1.31 bits per heavy atom. The van der Waals surface area contributed by atoms with Crippen molar-refractivity contribution in [2.75, 3.05) is 11.9 Å². The van der Waals surface area contributed by atoms with Gasteiger partial charge in [-0.1, -0.05) is 28.1 Å². The first-order chi connectivity index (χ1) is 7.81. The third-order valence-electron chi connectivity index (χ3n) is 2.26. The zero-order valence-corrected chi connectivity index (χ0v) is 10.3. The summed E-state index contributed by atoms with van der Waals surface area (Å²) in [7, 11) is 0. The SMILES string of the molecule is Fc1ccc2cc[c]c(OCCCBr)c2c1. The third-order valence-corrected chi connectivity index (χ3v) is 2.82. The Morgan fingerprint density at radius 3 is 3.00 bits per heavy atom. The number of fused-ring (bicyclic) bond motifs is 1. The molecule has 0 aliphatic carbocycles. The van der Waals surface area contributed by atoms with Gasteiger partial charge in [-0.25, -0.2) is 4.39 Å². The van der Waals surface area contributed by atoms with Gasteiger partial charge in [0, 0.05) is 16.8 Å². The lowest BCUT2D eigenvalue weighted by Crippen LogP contribution is -1.98. The fourth-order valence-corrected chi connectivity index (χ4v) is 1.73. The Bertz CT molecular complexity index is 484. The van der Waals surface area contributed by atoms with E-state index in [1.165, 1.54) is 12.1 Å². The van der Waals surface area contributed by atoms with Crippen molar-refractivity contribution in [3.05, 3.63) is 42.2 Å². The molecule has 0 atom stereocenters. The Labute approximate surface area is 102 Å². The van der Waals surface area contributed by atoms with Gasteiger partial charge in [0.05, 0.1) is 6.61 Å². The predicted molar refractivity (Wildman–Crippen MR) is 66.6 cm³/mol. The van der Waals surface area contributed by atoms with E-state index in [1.54, 1.807) is 12.1 Å². The minimum atomic E-state index is -0.252. The molecule has 2 aromatic rings. The first-order valence-corrected chi connectivity index (χ1v) is 6.22. The summed E-state index contributed by atoms with van der Waals surface area (Å²) in [5.41, 5.74) is 0. The molecule has 2 aromatic carbocycles. The van der Waals surface area contributed by atoms with E-state index in [4.69, 9.17) is 4.74 Å². The van der Waals surface area contributed by atoms with E-state index in [9.17, 15) is 4.39 Å². The lowest BCUT2D eigenvalue weighted by atomic mass is 10.1. The van der Waals surface area contributed by atoms with E-state index in [-0.39, 0.29) is 5.82 Å². The number of hydrogen-bond donors (Lipinski definition) is 0. The summed E-state index contributed by atoms with van der Waals surface area (Å²) in [6.45, 7) is 0.609. The van der Waals surface area contributed by atoms with Crippen LogP contribution in [0.4, 0.5) is 4.39 Å². The number of alkyl halides is 1. The highest BCUT2D eigenvalue weighted by atomic mass is 79.9. The van der Waals surface area contributed by atoms with Gasteiger partial charge in [-0.05, 0) is 30.0 Å². The fourth-order valence-electron chi connectivity index (χ4n) is 1.50.